The van der Waals surface area contributed by atoms with E-state index in [-0.39, 0.29) is 0 Å². The molecule has 2 nitrogen and oxygen atoms in total. The largest absolute Gasteiger partial charge is 0.367 e. The first kappa shape index (κ1) is 10.6. The van der Waals surface area contributed by atoms with Gasteiger partial charge in [-0.3, -0.25) is 0 Å². The van der Waals surface area contributed by atoms with E-state index < -0.39 is 0 Å². The minimum absolute atomic E-state index is 0.758. The molecule has 0 saturated carbocycles. The molecule has 0 unspecified atom stereocenters. The zero-order chi connectivity index (χ0) is 9.52. The molecule has 0 aromatic carbocycles. The summed E-state index contributed by atoms with van der Waals surface area (Å²) in [6, 6.07) is 2.12. The van der Waals surface area contributed by atoms with Crippen LogP contribution in [0.2, 0.25) is 0 Å². The molecular weight excluding hydrogens is 184 g/mol. The maximum absolute atomic E-state index is 5.61. The molecule has 13 heavy (non-hydrogen) atoms. The standard InChI is InChI=1S/C10H17ClN2/c1-13(7-2-5-11)8-4-10-3-6-12-9-10/h3,6,9,12H,2,4-5,7-8H2,1H3. The van der Waals surface area contributed by atoms with Gasteiger partial charge in [0.25, 0.3) is 0 Å². The molecule has 0 saturated heterocycles. The van der Waals surface area contributed by atoms with Crippen LogP contribution in [0.5, 0.6) is 0 Å². The van der Waals surface area contributed by atoms with Crippen LogP contribution in [0.3, 0.4) is 0 Å². The Morgan fingerprint density at radius 2 is 2.31 bits per heavy atom. The summed E-state index contributed by atoms with van der Waals surface area (Å²) in [6.07, 6.45) is 6.21. The van der Waals surface area contributed by atoms with E-state index in [1.165, 1.54) is 5.56 Å². The third-order valence-electron chi connectivity index (χ3n) is 2.12. The van der Waals surface area contributed by atoms with Gasteiger partial charge in [0.2, 0.25) is 0 Å². The highest BCUT2D eigenvalue weighted by Crippen LogP contribution is 1.99. The van der Waals surface area contributed by atoms with Crippen LogP contribution in [0.4, 0.5) is 0 Å². The molecule has 0 spiro atoms. The van der Waals surface area contributed by atoms with Gasteiger partial charge in [0, 0.05) is 24.8 Å². The van der Waals surface area contributed by atoms with Crippen molar-refractivity contribution in [3.05, 3.63) is 24.0 Å². The highest BCUT2D eigenvalue weighted by Gasteiger charge is 1.98. The third kappa shape index (κ3) is 4.34. The lowest BCUT2D eigenvalue weighted by Crippen LogP contribution is -2.22. The van der Waals surface area contributed by atoms with Gasteiger partial charge in [0.15, 0.2) is 0 Å². The molecule has 0 radical (unpaired) electrons. The Balaban J connectivity index is 2.11. The number of hydrogen-bond acceptors (Lipinski definition) is 1. The first-order chi connectivity index (χ1) is 6.33. The van der Waals surface area contributed by atoms with E-state index >= 15 is 0 Å². The lowest BCUT2D eigenvalue weighted by molar-refractivity contribution is 0.340. The van der Waals surface area contributed by atoms with Gasteiger partial charge in [-0.15, -0.1) is 11.6 Å². The number of aromatic nitrogens is 1. The average Bonchev–Trinajstić information content (AvgIpc) is 2.64. The van der Waals surface area contributed by atoms with Crippen molar-refractivity contribution in [1.29, 1.82) is 0 Å². The molecule has 0 aliphatic rings. The van der Waals surface area contributed by atoms with Crippen LogP contribution in [0.15, 0.2) is 18.5 Å². The van der Waals surface area contributed by atoms with E-state index in [4.69, 9.17) is 11.6 Å². The van der Waals surface area contributed by atoms with E-state index in [2.05, 4.69) is 29.2 Å². The number of likely N-dealkylation sites (N-methyl/N-ethyl adjacent to an activating group) is 1. The Morgan fingerprint density at radius 3 is 2.92 bits per heavy atom. The highest BCUT2D eigenvalue weighted by molar-refractivity contribution is 6.17. The number of halogens is 1. The minimum atomic E-state index is 0.758. The SMILES string of the molecule is CN(CCCCl)CCc1cc[nH]c1. The second-order valence-electron chi connectivity index (χ2n) is 3.32. The van der Waals surface area contributed by atoms with E-state index in [0.717, 1.165) is 31.8 Å². The Bertz CT molecular complexity index is 209. The van der Waals surface area contributed by atoms with Gasteiger partial charge in [-0.05, 0) is 38.1 Å². The zero-order valence-corrected chi connectivity index (χ0v) is 8.85. The fourth-order valence-electron chi connectivity index (χ4n) is 1.28. The number of hydrogen-bond donors (Lipinski definition) is 1. The maximum atomic E-state index is 5.61. The Morgan fingerprint density at radius 1 is 1.46 bits per heavy atom. The molecule has 0 amide bonds. The van der Waals surface area contributed by atoms with Crippen molar-refractivity contribution >= 4 is 11.6 Å². The van der Waals surface area contributed by atoms with Gasteiger partial charge in [-0.1, -0.05) is 0 Å². The van der Waals surface area contributed by atoms with Gasteiger partial charge in [-0.2, -0.15) is 0 Å². The number of nitrogens with one attached hydrogen (secondary N) is 1. The van der Waals surface area contributed by atoms with E-state index in [1.807, 2.05) is 6.20 Å². The van der Waals surface area contributed by atoms with Gasteiger partial charge in [-0.25, -0.2) is 0 Å². The molecule has 3 heteroatoms. The zero-order valence-electron chi connectivity index (χ0n) is 8.09. The molecule has 0 aliphatic heterocycles. The van der Waals surface area contributed by atoms with E-state index in [9.17, 15) is 0 Å². The molecular formula is C10H17ClN2. The van der Waals surface area contributed by atoms with Crippen LogP contribution in [0.1, 0.15) is 12.0 Å². The summed E-state index contributed by atoms with van der Waals surface area (Å²) in [5.74, 6) is 0.758. The third-order valence-corrected chi connectivity index (χ3v) is 2.39. The van der Waals surface area contributed by atoms with Crippen LogP contribution in [-0.2, 0) is 6.42 Å². The van der Waals surface area contributed by atoms with Crippen LogP contribution in [0.25, 0.3) is 0 Å². The Hall–Kier alpha value is -0.470. The minimum Gasteiger partial charge on any atom is -0.367 e. The van der Waals surface area contributed by atoms with Crippen molar-refractivity contribution in [2.75, 3.05) is 26.0 Å². The van der Waals surface area contributed by atoms with Crippen molar-refractivity contribution in [2.24, 2.45) is 0 Å². The fourth-order valence-corrected chi connectivity index (χ4v) is 1.39. The Labute approximate surface area is 84.9 Å². The fraction of sp³-hybridized carbons (Fsp3) is 0.600. The van der Waals surface area contributed by atoms with E-state index in [0.29, 0.717) is 0 Å². The van der Waals surface area contributed by atoms with Gasteiger partial charge < -0.3 is 9.88 Å². The summed E-state index contributed by atoms with van der Waals surface area (Å²) in [5, 5.41) is 0. The Kier molecular flexibility index (Phi) is 4.94. The van der Waals surface area contributed by atoms with Gasteiger partial charge in [0.1, 0.15) is 0 Å². The summed E-state index contributed by atoms with van der Waals surface area (Å²) >= 11 is 5.61. The van der Waals surface area contributed by atoms with Crippen LogP contribution >= 0.6 is 11.6 Å². The summed E-state index contributed by atoms with van der Waals surface area (Å²) < 4.78 is 0. The summed E-state index contributed by atoms with van der Waals surface area (Å²) in [5.41, 5.74) is 1.37. The van der Waals surface area contributed by atoms with Crippen molar-refractivity contribution < 1.29 is 0 Å². The lowest BCUT2D eigenvalue weighted by atomic mass is 10.2. The van der Waals surface area contributed by atoms with E-state index in [1.54, 1.807) is 0 Å². The molecule has 1 N–H and O–H groups in total. The molecule has 1 rings (SSSR count). The van der Waals surface area contributed by atoms with Crippen molar-refractivity contribution in [2.45, 2.75) is 12.8 Å². The number of aromatic amines is 1. The quantitative estimate of drug-likeness (QED) is 0.698. The molecule has 0 bridgehead atoms. The second kappa shape index (κ2) is 6.06. The summed E-state index contributed by atoms with van der Waals surface area (Å²) in [6.45, 7) is 2.20. The molecule has 0 aliphatic carbocycles. The maximum Gasteiger partial charge on any atom is 0.0235 e. The van der Waals surface area contributed by atoms with Gasteiger partial charge in [0.05, 0.1) is 0 Å². The summed E-state index contributed by atoms with van der Waals surface area (Å²) in [7, 11) is 2.14. The summed E-state index contributed by atoms with van der Waals surface area (Å²) in [4.78, 5) is 5.37. The molecule has 0 fully saturated rings. The number of nitrogens with zero attached hydrogens (tertiary/aromatic N) is 1. The van der Waals surface area contributed by atoms with Crippen molar-refractivity contribution in [1.82, 2.24) is 9.88 Å². The first-order valence-corrected chi connectivity index (χ1v) is 5.22. The monoisotopic (exact) mass is 200 g/mol. The highest BCUT2D eigenvalue weighted by atomic mass is 35.5. The van der Waals surface area contributed by atoms with Crippen LogP contribution < -0.4 is 0 Å². The molecule has 0 atom stereocenters. The van der Waals surface area contributed by atoms with Crippen molar-refractivity contribution in [3.63, 3.8) is 0 Å². The molecule has 1 aromatic heterocycles. The predicted octanol–water partition coefficient (Wildman–Crippen LogP) is 2.12. The molecule has 74 valence electrons. The predicted molar refractivity (Wildman–Crippen MR) is 57.3 cm³/mol. The second-order valence-corrected chi connectivity index (χ2v) is 3.69. The molecule has 1 aromatic rings. The van der Waals surface area contributed by atoms with Crippen molar-refractivity contribution in [3.8, 4) is 0 Å². The normalized spacial score (nSPS) is 11.0. The van der Waals surface area contributed by atoms with Crippen LogP contribution in [-0.4, -0.2) is 35.9 Å². The number of rotatable bonds is 6. The van der Waals surface area contributed by atoms with Crippen LogP contribution in [0, 0.1) is 0 Å². The smallest absolute Gasteiger partial charge is 0.0235 e. The number of H-pyrrole nitrogens is 1. The first-order valence-electron chi connectivity index (χ1n) is 4.69. The van der Waals surface area contributed by atoms with Gasteiger partial charge >= 0.3 is 0 Å². The number of alkyl halides is 1. The average molecular weight is 201 g/mol. The topological polar surface area (TPSA) is 19.0 Å². The lowest BCUT2D eigenvalue weighted by Gasteiger charge is -2.14. The molecule has 1 heterocycles.